The summed E-state index contributed by atoms with van der Waals surface area (Å²) in [6, 6.07) is -0.437. The van der Waals surface area contributed by atoms with E-state index in [0.29, 0.717) is 6.42 Å². The molecule has 11 heavy (non-hydrogen) atoms. The van der Waals surface area contributed by atoms with Crippen LogP contribution in [0.4, 0.5) is 0 Å². The fourth-order valence-electron chi connectivity index (χ4n) is 0.598. The Balaban J connectivity index is 3.71. The van der Waals surface area contributed by atoms with Crippen LogP contribution >= 0.6 is 0 Å². The SMILES string of the molecule is CC(O[SH](=O)=O)C(N)CCO. The van der Waals surface area contributed by atoms with Crippen molar-refractivity contribution >= 4 is 11.0 Å². The molecule has 3 N–H and O–H groups in total. The van der Waals surface area contributed by atoms with Gasteiger partial charge in [-0.15, -0.1) is 0 Å². The molecule has 5 nitrogen and oxygen atoms in total. The lowest BCUT2D eigenvalue weighted by Crippen LogP contribution is -2.35. The minimum atomic E-state index is -2.84. The molecule has 2 atom stereocenters. The first-order valence-electron chi connectivity index (χ1n) is 3.25. The number of aliphatic hydroxyl groups excluding tert-OH is 1. The lowest BCUT2D eigenvalue weighted by atomic mass is 10.1. The molecule has 0 amide bonds. The number of hydrogen-bond donors (Lipinski definition) is 3. The zero-order valence-electron chi connectivity index (χ0n) is 6.27. The minimum Gasteiger partial charge on any atom is -0.396 e. The topological polar surface area (TPSA) is 89.6 Å². The number of rotatable bonds is 5. The predicted molar refractivity (Wildman–Crippen MR) is 40.5 cm³/mol. The van der Waals surface area contributed by atoms with Gasteiger partial charge in [0.1, 0.15) is 0 Å². The standard InChI is InChI=1S/C5H13NO4S/c1-4(10-11(8)9)5(6)2-3-7/h4-5,7,11H,2-3,6H2,1H3. The van der Waals surface area contributed by atoms with Crippen LogP contribution in [0.2, 0.25) is 0 Å². The molecule has 0 radical (unpaired) electrons. The van der Waals surface area contributed by atoms with Crippen molar-refractivity contribution in [2.45, 2.75) is 25.5 Å². The number of aliphatic hydroxyl groups is 1. The van der Waals surface area contributed by atoms with Crippen molar-refractivity contribution in [1.29, 1.82) is 0 Å². The molecule has 0 aliphatic carbocycles. The van der Waals surface area contributed by atoms with E-state index in [2.05, 4.69) is 4.18 Å². The summed E-state index contributed by atoms with van der Waals surface area (Å²) in [7, 11) is -2.84. The van der Waals surface area contributed by atoms with Crippen LogP contribution in [0.5, 0.6) is 0 Å². The smallest absolute Gasteiger partial charge is 0.257 e. The fourth-order valence-corrected chi connectivity index (χ4v) is 1.03. The molecular formula is C5H13NO4S. The molecule has 0 aliphatic rings. The lowest BCUT2D eigenvalue weighted by molar-refractivity contribution is 0.178. The molecule has 0 rings (SSSR count). The Kier molecular flexibility index (Phi) is 5.39. The Hall–Kier alpha value is -0.170. The number of thiol groups is 1. The zero-order valence-corrected chi connectivity index (χ0v) is 7.16. The molecule has 0 saturated heterocycles. The molecule has 68 valence electrons. The van der Waals surface area contributed by atoms with Crippen molar-refractivity contribution in [3.05, 3.63) is 0 Å². The highest BCUT2D eigenvalue weighted by molar-refractivity contribution is 7.67. The van der Waals surface area contributed by atoms with E-state index in [1.165, 1.54) is 0 Å². The maximum absolute atomic E-state index is 10.0. The fraction of sp³-hybridized carbons (Fsp3) is 1.00. The highest BCUT2D eigenvalue weighted by Crippen LogP contribution is 1.99. The highest BCUT2D eigenvalue weighted by Gasteiger charge is 2.12. The van der Waals surface area contributed by atoms with Gasteiger partial charge in [-0.3, -0.25) is 4.18 Å². The molecule has 0 fully saturated rings. The second kappa shape index (κ2) is 5.48. The minimum absolute atomic E-state index is 0.0650. The van der Waals surface area contributed by atoms with Crippen molar-refractivity contribution in [3.63, 3.8) is 0 Å². The van der Waals surface area contributed by atoms with Gasteiger partial charge in [0.15, 0.2) is 0 Å². The van der Waals surface area contributed by atoms with E-state index in [4.69, 9.17) is 10.8 Å². The third kappa shape index (κ3) is 5.14. The van der Waals surface area contributed by atoms with E-state index >= 15 is 0 Å². The zero-order chi connectivity index (χ0) is 8.85. The maximum Gasteiger partial charge on any atom is 0.257 e. The molecule has 0 heterocycles. The molecule has 0 spiro atoms. The average Bonchev–Trinajstić information content (AvgIpc) is 1.86. The first-order chi connectivity index (χ1) is 5.07. The van der Waals surface area contributed by atoms with Gasteiger partial charge in [0.2, 0.25) is 0 Å². The van der Waals surface area contributed by atoms with Crippen LogP contribution in [0.25, 0.3) is 0 Å². The van der Waals surface area contributed by atoms with E-state index in [0.717, 1.165) is 0 Å². The number of hydrogen-bond acceptors (Lipinski definition) is 5. The molecular weight excluding hydrogens is 170 g/mol. The van der Waals surface area contributed by atoms with Gasteiger partial charge in [0.25, 0.3) is 11.0 Å². The van der Waals surface area contributed by atoms with Gasteiger partial charge in [-0.2, -0.15) is 0 Å². The Labute approximate surface area is 67.3 Å². The van der Waals surface area contributed by atoms with E-state index in [1.54, 1.807) is 6.92 Å². The van der Waals surface area contributed by atoms with Crippen molar-refractivity contribution in [2.24, 2.45) is 5.73 Å². The largest absolute Gasteiger partial charge is 0.396 e. The Bertz CT molecular complexity index is 162. The molecule has 0 aromatic carbocycles. The molecule has 0 aromatic heterocycles. The predicted octanol–water partition coefficient (Wildman–Crippen LogP) is -1.37. The van der Waals surface area contributed by atoms with Gasteiger partial charge in [-0.25, -0.2) is 8.42 Å². The molecule has 0 bridgehead atoms. The van der Waals surface area contributed by atoms with Gasteiger partial charge in [0.05, 0.1) is 6.10 Å². The third-order valence-electron chi connectivity index (χ3n) is 1.32. The third-order valence-corrected chi connectivity index (χ3v) is 1.82. The summed E-state index contributed by atoms with van der Waals surface area (Å²) in [6.07, 6.45) is -0.229. The summed E-state index contributed by atoms with van der Waals surface area (Å²) in [4.78, 5) is 0. The average molecular weight is 183 g/mol. The van der Waals surface area contributed by atoms with E-state index in [1.807, 2.05) is 0 Å². The second-order valence-corrected chi connectivity index (χ2v) is 2.87. The maximum atomic E-state index is 10.0. The summed E-state index contributed by atoms with van der Waals surface area (Å²) >= 11 is 0. The molecule has 6 heteroatoms. The van der Waals surface area contributed by atoms with Gasteiger partial charge in [0, 0.05) is 12.6 Å². The quantitative estimate of drug-likeness (QED) is 0.457. The van der Waals surface area contributed by atoms with Crippen LogP contribution in [0.1, 0.15) is 13.3 Å². The summed E-state index contributed by atoms with van der Waals surface area (Å²) in [5, 5.41) is 8.43. The van der Waals surface area contributed by atoms with Gasteiger partial charge in [-0.05, 0) is 13.3 Å². The summed E-state index contributed by atoms with van der Waals surface area (Å²) in [5.74, 6) is 0. The first kappa shape index (κ1) is 10.8. The van der Waals surface area contributed by atoms with Crippen LogP contribution < -0.4 is 5.73 Å². The van der Waals surface area contributed by atoms with Gasteiger partial charge >= 0.3 is 0 Å². The summed E-state index contributed by atoms with van der Waals surface area (Å²) in [6.45, 7) is 1.48. The Morgan fingerprint density at radius 2 is 2.18 bits per heavy atom. The van der Waals surface area contributed by atoms with Crippen LogP contribution in [0.15, 0.2) is 0 Å². The molecule has 2 unspecified atom stereocenters. The molecule has 0 aromatic rings. The van der Waals surface area contributed by atoms with Crippen LogP contribution in [-0.2, 0) is 15.2 Å². The van der Waals surface area contributed by atoms with E-state index in [9.17, 15) is 8.42 Å². The van der Waals surface area contributed by atoms with Crippen LogP contribution in [-0.4, -0.2) is 32.3 Å². The van der Waals surface area contributed by atoms with Gasteiger partial charge in [-0.1, -0.05) is 0 Å². The van der Waals surface area contributed by atoms with Crippen molar-refractivity contribution in [1.82, 2.24) is 0 Å². The van der Waals surface area contributed by atoms with Crippen LogP contribution in [0, 0.1) is 0 Å². The normalized spacial score (nSPS) is 16.7. The molecule has 0 aliphatic heterocycles. The monoisotopic (exact) mass is 183 g/mol. The number of nitrogens with two attached hydrogens (primary N) is 1. The van der Waals surface area contributed by atoms with Gasteiger partial charge < -0.3 is 10.8 Å². The van der Waals surface area contributed by atoms with Crippen LogP contribution in [0.3, 0.4) is 0 Å². The second-order valence-electron chi connectivity index (χ2n) is 2.21. The van der Waals surface area contributed by atoms with E-state index < -0.39 is 23.1 Å². The Morgan fingerprint density at radius 1 is 1.64 bits per heavy atom. The summed E-state index contributed by atoms with van der Waals surface area (Å²) in [5.41, 5.74) is 5.42. The highest BCUT2D eigenvalue weighted by atomic mass is 32.2. The summed E-state index contributed by atoms with van der Waals surface area (Å²) < 4.78 is 24.4. The van der Waals surface area contributed by atoms with Crippen molar-refractivity contribution in [2.75, 3.05) is 6.61 Å². The molecule has 0 saturated carbocycles. The van der Waals surface area contributed by atoms with Crippen molar-refractivity contribution in [3.8, 4) is 0 Å². The first-order valence-corrected chi connectivity index (χ1v) is 4.35. The van der Waals surface area contributed by atoms with Crippen molar-refractivity contribution < 1.29 is 17.7 Å². The Morgan fingerprint density at radius 3 is 2.55 bits per heavy atom. The van der Waals surface area contributed by atoms with E-state index in [-0.39, 0.29) is 6.61 Å². The lowest BCUT2D eigenvalue weighted by Gasteiger charge is -2.15.